The Morgan fingerprint density at radius 2 is 1.89 bits per heavy atom. The summed E-state index contributed by atoms with van der Waals surface area (Å²) in [6.45, 7) is 4.12. The van der Waals surface area contributed by atoms with Crippen LogP contribution in [0.15, 0.2) is 59.8 Å². The van der Waals surface area contributed by atoms with E-state index in [0.29, 0.717) is 19.0 Å². The Hall–Kier alpha value is -3.11. The first-order chi connectivity index (χ1) is 16.8. The predicted octanol–water partition coefficient (Wildman–Crippen LogP) is 2.17. The Morgan fingerprint density at radius 3 is 2.57 bits per heavy atom. The van der Waals surface area contributed by atoms with Crippen molar-refractivity contribution in [2.75, 3.05) is 30.9 Å². The van der Waals surface area contributed by atoms with Crippen LogP contribution in [-0.4, -0.2) is 82.9 Å². The average Bonchev–Trinajstić information content (AvgIpc) is 3.33. The molecule has 0 spiro atoms. The summed E-state index contributed by atoms with van der Waals surface area (Å²) in [5.41, 5.74) is 3.28. The number of pyridine rings is 1. The highest BCUT2D eigenvalue weighted by Gasteiger charge is 2.23. The molecule has 8 nitrogen and oxygen atoms in total. The van der Waals surface area contributed by atoms with E-state index >= 15 is 0 Å². The number of rotatable bonds is 4. The van der Waals surface area contributed by atoms with E-state index in [9.17, 15) is 8.42 Å². The van der Waals surface area contributed by atoms with E-state index in [2.05, 4.69) is 37.3 Å². The molecule has 173 valence electrons. The molecule has 4 aromatic rings. The van der Waals surface area contributed by atoms with Crippen LogP contribution in [0.2, 0.25) is 0 Å². The number of sulfone groups is 1. The fourth-order valence-corrected chi connectivity index (χ4v) is 4.58. The second kappa shape index (κ2) is 10.7. The van der Waals surface area contributed by atoms with Gasteiger partial charge < -0.3 is 14.6 Å². The van der Waals surface area contributed by atoms with E-state index in [0.717, 1.165) is 47.3 Å². The lowest BCUT2D eigenvalue weighted by Crippen LogP contribution is -2.44. The van der Waals surface area contributed by atoms with Crippen LogP contribution in [-0.2, 0) is 14.6 Å². The SMILES string of the molecule is C[C@@H]1COCCN1c1cc(-c2ccnc3[nH]ccc23)nc(-c2ccc(S(C)(=O)=O)cc2)n1.[B][B][B]. The van der Waals surface area contributed by atoms with Gasteiger partial charge in [0.2, 0.25) is 0 Å². The van der Waals surface area contributed by atoms with Gasteiger partial charge >= 0.3 is 0 Å². The molecular weight excluding hydrogens is 459 g/mol. The molecule has 35 heavy (non-hydrogen) atoms. The second-order valence-electron chi connectivity index (χ2n) is 8.14. The quantitative estimate of drug-likeness (QED) is 0.446. The number of benzene rings is 1. The molecule has 1 saturated heterocycles. The molecule has 5 radical (unpaired) electrons. The van der Waals surface area contributed by atoms with Crippen molar-refractivity contribution in [1.29, 1.82) is 0 Å². The van der Waals surface area contributed by atoms with Crippen molar-refractivity contribution >= 4 is 49.2 Å². The lowest BCUT2D eigenvalue weighted by Gasteiger charge is -2.34. The average molecular weight is 482 g/mol. The normalized spacial score (nSPS) is 15.9. The minimum absolute atomic E-state index is 0.177. The number of aromatic nitrogens is 4. The number of hydrogen-bond donors (Lipinski definition) is 1. The number of fused-ring (bicyclic) bond motifs is 1. The molecule has 1 aromatic carbocycles. The number of nitrogens with one attached hydrogen (secondary N) is 1. The third-order valence-electron chi connectivity index (χ3n) is 5.65. The first-order valence-corrected chi connectivity index (χ1v) is 12.9. The summed E-state index contributed by atoms with van der Waals surface area (Å²) in [6, 6.07) is 12.8. The standard InChI is InChI=1S/C23H23N5O3S.B3/c1-15-14-31-12-11-28(15)21-13-20(18-7-9-24-23-19(18)8-10-25-23)26-22(27-21)16-3-5-17(6-4-16)32(2,29)30;1-3-2/h3-10,13,15H,11-12,14H2,1-2H3,(H,24,25);/t15-;/m1./s1. The van der Waals surface area contributed by atoms with E-state index < -0.39 is 9.84 Å². The zero-order chi connectivity index (χ0) is 25.0. The van der Waals surface area contributed by atoms with Crippen LogP contribution in [0.4, 0.5) is 5.82 Å². The number of ether oxygens (including phenoxy) is 1. The number of nitrogens with zero attached hydrogens (tertiary/aromatic N) is 4. The van der Waals surface area contributed by atoms with Gasteiger partial charge in [-0.05, 0) is 43.3 Å². The number of morpholine rings is 1. The molecule has 0 bridgehead atoms. The minimum atomic E-state index is -3.28. The van der Waals surface area contributed by atoms with Crippen LogP contribution in [0.25, 0.3) is 33.7 Å². The highest BCUT2D eigenvalue weighted by atomic mass is 32.2. The number of hydrogen-bond acceptors (Lipinski definition) is 7. The summed E-state index contributed by atoms with van der Waals surface area (Å²) in [5, 5.41) is 0.977. The maximum atomic E-state index is 11.9. The molecule has 3 aromatic heterocycles. The van der Waals surface area contributed by atoms with Crippen LogP contribution >= 0.6 is 0 Å². The van der Waals surface area contributed by atoms with Gasteiger partial charge in [0.15, 0.2) is 15.7 Å². The summed E-state index contributed by atoms with van der Waals surface area (Å²) in [4.78, 5) is 19.7. The van der Waals surface area contributed by atoms with Gasteiger partial charge in [-0.25, -0.2) is 23.4 Å². The maximum Gasteiger partial charge on any atom is 0.175 e. The van der Waals surface area contributed by atoms with Crippen LogP contribution in [0, 0.1) is 0 Å². The fourth-order valence-electron chi connectivity index (χ4n) is 3.95. The molecule has 1 atom stereocenters. The maximum absolute atomic E-state index is 11.9. The number of anilines is 1. The van der Waals surface area contributed by atoms with E-state index in [1.54, 1.807) is 30.5 Å². The van der Waals surface area contributed by atoms with Gasteiger partial charge in [0.05, 0.1) is 29.8 Å². The fraction of sp³-hybridized carbons (Fsp3) is 0.261. The first kappa shape index (κ1) is 25.0. The van der Waals surface area contributed by atoms with Crippen LogP contribution < -0.4 is 4.90 Å². The molecule has 1 aliphatic heterocycles. The molecule has 0 unspecified atom stereocenters. The minimum Gasteiger partial charge on any atom is -0.377 e. The first-order valence-electron chi connectivity index (χ1n) is 11.0. The van der Waals surface area contributed by atoms with Gasteiger partial charge in [0.1, 0.15) is 11.5 Å². The van der Waals surface area contributed by atoms with Gasteiger partial charge in [-0.1, -0.05) is 0 Å². The van der Waals surface area contributed by atoms with Crippen LogP contribution in [0.3, 0.4) is 0 Å². The van der Waals surface area contributed by atoms with E-state index in [1.807, 2.05) is 24.4 Å². The Labute approximate surface area is 208 Å². The van der Waals surface area contributed by atoms with Crippen molar-refractivity contribution < 1.29 is 13.2 Å². The lowest BCUT2D eigenvalue weighted by molar-refractivity contribution is 0.0985. The molecule has 0 aliphatic carbocycles. The van der Waals surface area contributed by atoms with Crippen molar-refractivity contribution in [3.63, 3.8) is 0 Å². The monoisotopic (exact) mass is 482 g/mol. The number of H-pyrrole nitrogens is 1. The number of aromatic amines is 1. The highest BCUT2D eigenvalue weighted by Crippen LogP contribution is 2.31. The van der Waals surface area contributed by atoms with Gasteiger partial charge in [0.25, 0.3) is 0 Å². The zero-order valence-corrected chi connectivity index (χ0v) is 20.4. The lowest BCUT2D eigenvalue weighted by atomic mass is 9.40. The van der Waals surface area contributed by atoms with Crippen molar-refractivity contribution in [3.05, 3.63) is 54.9 Å². The van der Waals surface area contributed by atoms with Crippen LogP contribution in [0.1, 0.15) is 6.92 Å². The Kier molecular flexibility index (Phi) is 7.61. The smallest absolute Gasteiger partial charge is 0.175 e. The topological polar surface area (TPSA) is 101 Å². The molecule has 5 rings (SSSR count). The molecule has 1 fully saturated rings. The molecule has 0 saturated carbocycles. The van der Waals surface area contributed by atoms with Gasteiger partial charge in [-0.2, -0.15) is 0 Å². The Morgan fingerprint density at radius 1 is 1.14 bits per heavy atom. The van der Waals surface area contributed by atoms with Gasteiger partial charge in [-0.3, -0.25) is 0 Å². The van der Waals surface area contributed by atoms with Gasteiger partial charge in [0, 0.05) is 70.3 Å². The molecule has 4 heterocycles. The summed E-state index contributed by atoms with van der Waals surface area (Å²) in [7, 11) is 6.72. The molecule has 1 aliphatic rings. The Balaban J connectivity index is 0.000000917. The third kappa shape index (κ3) is 5.60. The van der Waals surface area contributed by atoms with Crippen LogP contribution in [0.5, 0.6) is 0 Å². The molecular formula is C23H23B3N5O3S. The summed E-state index contributed by atoms with van der Waals surface area (Å²) in [6.07, 6.45) is 4.81. The summed E-state index contributed by atoms with van der Waals surface area (Å²) < 4.78 is 29.3. The van der Waals surface area contributed by atoms with Gasteiger partial charge in [-0.15, -0.1) is 0 Å². The van der Waals surface area contributed by atoms with Crippen molar-refractivity contribution in [2.24, 2.45) is 0 Å². The largest absolute Gasteiger partial charge is 0.377 e. The molecule has 1 N–H and O–H groups in total. The predicted molar refractivity (Wildman–Crippen MR) is 141 cm³/mol. The second-order valence-corrected chi connectivity index (χ2v) is 10.2. The highest BCUT2D eigenvalue weighted by molar-refractivity contribution is 7.90. The van der Waals surface area contributed by atoms with Crippen molar-refractivity contribution in [3.8, 4) is 22.6 Å². The van der Waals surface area contributed by atoms with Crippen molar-refractivity contribution in [1.82, 2.24) is 19.9 Å². The third-order valence-corrected chi connectivity index (χ3v) is 6.78. The summed E-state index contributed by atoms with van der Waals surface area (Å²) >= 11 is 0. The molecule has 0 amide bonds. The molecule has 12 heteroatoms. The summed E-state index contributed by atoms with van der Waals surface area (Å²) in [5.74, 6) is 1.35. The zero-order valence-electron chi connectivity index (χ0n) is 19.5. The van der Waals surface area contributed by atoms with E-state index in [4.69, 9.17) is 14.7 Å². The van der Waals surface area contributed by atoms with Crippen molar-refractivity contribution in [2.45, 2.75) is 17.9 Å². The van der Waals surface area contributed by atoms with E-state index in [1.165, 1.54) is 6.26 Å². The van der Waals surface area contributed by atoms with E-state index in [-0.39, 0.29) is 10.9 Å². The Bertz CT molecular complexity index is 1410.